The summed E-state index contributed by atoms with van der Waals surface area (Å²) in [6, 6.07) is 1.47. The molecule has 13 heteroatoms. The third-order valence-corrected chi connectivity index (χ3v) is 5.39. The largest absolute Gasteiger partial charge is 0.480 e. The van der Waals surface area contributed by atoms with Crippen LogP contribution in [0.3, 0.4) is 0 Å². The molecule has 32 heavy (non-hydrogen) atoms. The number of hydrogen-bond acceptors (Lipinski definition) is 11. The monoisotopic (exact) mass is 462 g/mol. The van der Waals surface area contributed by atoms with Crippen LogP contribution in [0.15, 0.2) is 16.1 Å². The number of nitrogens with zero attached hydrogens (tertiary/aromatic N) is 6. The average Bonchev–Trinajstić information content (AvgIpc) is 2.73. The van der Waals surface area contributed by atoms with E-state index >= 15 is 0 Å². The van der Waals surface area contributed by atoms with E-state index in [-0.39, 0.29) is 28.6 Å². The lowest BCUT2D eigenvalue weighted by atomic mass is 10.3. The third-order valence-electron chi connectivity index (χ3n) is 4.47. The second kappa shape index (κ2) is 10.4. The van der Waals surface area contributed by atoms with Crippen molar-refractivity contribution in [1.29, 1.82) is 0 Å². The van der Waals surface area contributed by atoms with Crippen LogP contribution in [0, 0.1) is 0 Å². The number of nitrogens with one attached hydrogen (secondary N) is 2. The predicted octanol–water partition coefficient (Wildman–Crippen LogP) is 1.10. The van der Waals surface area contributed by atoms with Crippen LogP contribution in [0.5, 0.6) is 11.8 Å². The molecule has 172 valence electrons. The van der Waals surface area contributed by atoms with Crippen LogP contribution < -0.4 is 25.0 Å². The van der Waals surface area contributed by atoms with E-state index in [2.05, 4.69) is 47.4 Å². The molecule has 2 amide bonds. The maximum atomic E-state index is 11.5. The van der Waals surface area contributed by atoms with Gasteiger partial charge in [-0.05, 0) is 18.8 Å². The minimum absolute atomic E-state index is 0.242. The number of anilines is 3. The van der Waals surface area contributed by atoms with E-state index in [0.717, 1.165) is 37.9 Å². The zero-order valence-corrected chi connectivity index (χ0v) is 19.4. The van der Waals surface area contributed by atoms with E-state index in [9.17, 15) is 9.59 Å². The molecule has 0 spiro atoms. The molecule has 0 unspecified atom stereocenters. The van der Waals surface area contributed by atoms with E-state index in [1.807, 2.05) is 0 Å². The molecule has 0 aromatic carbocycles. The van der Waals surface area contributed by atoms with Gasteiger partial charge in [0.1, 0.15) is 16.5 Å². The highest BCUT2D eigenvalue weighted by molar-refractivity contribution is 7.99. The fourth-order valence-corrected chi connectivity index (χ4v) is 3.87. The highest BCUT2D eigenvalue weighted by atomic mass is 32.2. The summed E-state index contributed by atoms with van der Waals surface area (Å²) in [5, 5.41) is 5.44. The summed E-state index contributed by atoms with van der Waals surface area (Å²) in [5.41, 5.74) is 0. The van der Waals surface area contributed by atoms with Gasteiger partial charge in [-0.1, -0.05) is 0 Å². The van der Waals surface area contributed by atoms with E-state index in [1.54, 1.807) is 0 Å². The molecule has 1 aliphatic rings. The summed E-state index contributed by atoms with van der Waals surface area (Å²) in [5.74, 6) is 1.02. The summed E-state index contributed by atoms with van der Waals surface area (Å²) in [7, 11) is 5.09. The molecule has 1 saturated heterocycles. The summed E-state index contributed by atoms with van der Waals surface area (Å²) in [6.07, 6.45) is 0. The number of carbonyl (C=O) groups is 2. The van der Waals surface area contributed by atoms with E-state index < -0.39 is 0 Å². The minimum Gasteiger partial charge on any atom is -0.480 e. The van der Waals surface area contributed by atoms with Crippen molar-refractivity contribution in [2.75, 3.05) is 63.0 Å². The van der Waals surface area contributed by atoms with Crippen molar-refractivity contribution < 1.29 is 19.1 Å². The summed E-state index contributed by atoms with van der Waals surface area (Å²) >= 11 is 1.10. The van der Waals surface area contributed by atoms with Crippen LogP contribution in [0.1, 0.15) is 13.8 Å². The minimum atomic E-state index is -0.302. The van der Waals surface area contributed by atoms with Gasteiger partial charge in [0.15, 0.2) is 5.16 Å². The van der Waals surface area contributed by atoms with Crippen LogP contribution in [0.2, 0.25) is 0 Å². The smallest absolute Gasteiger partial charge is 0.236 e. The summed E-state index contributed by atoms with van der Waals surface area (Å²) in [6.45, 7) is 6.11. The lowest BCUT2D eigenvalue weighted by Gasteiger charge is -2.32. The van der Waals surface area contributed by atoms with Crippen molar-refractivity contribution >= 4 is 41.2 Å². The van der Waals surface area contributed by atoms with Crippen molar-refractivity contribution in [2.24, 2.45) is 0 Å². The molecule has 0 saturated carbocycles. The van der Waals surface area contributed by atoms with Gasteiger partial charge in [-0.3, -0.25) is 9.59 Å². The molecule has 2 N–H and O–H groups in total. The molecule has 0 atom stereocenters. The Morgan fingerprint density at radius 3 is 1.84 bits per heavy atom. The lowest BCUT2D eigenvalue weighted by molar-refractivity contribution is -0.115. The topological polar surface area (TPSA) is 135 Å². The van der Waals surface area contributed by atoms with Crippen LogP contribution in [-0.2, 0) is 9.59 Å². The average molecular weight is 463 g/mol. The molecular weight excluding hydrogens is 436 g/mol. The van der Waals surface area contributed by atoms with Crippen molar-refractivity contribution in [3.63, 3.8) is 0 Å². The van der Waals surface area contributed by atoms with Gasteiger partial charge in [-0.2, -0.15) is 9.97 Å². The first-order chi connectivity index (χ1) is 15.3. The molecule has 1 aliphatic heterocycles. The Bertz CT molecular complexity index is 938. The van der Waals surface area contributed by atoms with Crippen molar-refractivity contribution in [3.8, 4) is 11.8 Å². The van der Waals surface area contributed by atoms with Gasteiger partial charge in [-0.15, -0.1) is 0 Å². The van der Waals surface area contributed by atoms with E-state index in [1.165, 1.54) is 34.1 Å². The first kappa shape index (κ1) is 23.5. The number of methoxy groups -OCH3 is 2. The highest BCUT2D eigenvalue weighted by Gasteiger charge is 2.24. The Balaban J connectivity index is 1.96. The SMILES string of the molecule is COc1nc(N2CCN(C)CC2)nc(OC)c1Sc1nc(NC(C)=O)cc(NC(C)=O)n1. The molecular formula is C19H26N8O4S. The van der Waals surface area contributed by atoms with E-state index in [0.29, 0.717) is 22.6 Å². The molecule has 3 heterocycles. The normalized spacial score (nSPS) is 14.1. The van der Waals surface area contributed by atoms with E-state index in [4.69, 9.17) is 9.47 Å². The molecule has 3 rings (SSSR count). The Morgan fingerprint density at radius 1 is 0.906 bits per heavy atom. The molecule has 0 bridgehead atoms. The van der Waals surface area contributed by atoms with Gasteiger partial charge in [0.2, 0.25) is 29.5 Å². The standard InChI is InChI=1S/C19H26N8O4S/c1-11(28)20-13-10-14(21-12(2)29)23-19(22-13)32-15-16(30-4)24-18(25-17(15)31-5)27-8-6-26(3)7-9-27/h10H,6-9H2,1-5H3,(H2,20,21,22,23,28,29). The third kappa shape index (κ3) is 5.95. The Hall–Kier alpha value is -3.19. The summed E-state index contributed by atoms with van der Waals surface area (Å²) < 4.78 is 11.0. The maximum Gasteiger partial charge on any atom is 0.236 e. The first-order valence-corrected chi connectivity index (χ1v) is 10.7. The van der Waals surface area contributed by atoms with Crippen LogP contribution in [0.4, 0.5) is 17.6 Å². The van der Waals surface area contributed by atoms with Crippen LogP contribution in [-0.4, -0.2) is 84.1 Å². The number of aromatic nitrogens is 4. The first-order valence-electron chi connectivity index (χ1n) is 9.84. The Morgan fingerprint density at radius 2 is 1.41 bits per heavy atom. The maximum absolute atomic E-state index is 11.5. The molecule has 0 radical (unpaired) electrons. The molecule has 2 aromatic heterocycles. The molecule has 0 aliphatic carbocycles. The number of rotatable bonds is 7. The number of amides is 2. The van der Waals surface area contributed by atoms with Gasteiger partial charge in [0.25, 0.3) is 0 Å². The molecule has 1 fully saturated rings. The van der Waals surface area contributed by atoms with Crippen molar-refractivity contribution in [1.82, 2.24) is 24.8 Å². The zero-order valence-electron chi connectivity index (χ0n) is 18.6. The molecule has 12 nitrogen and oxygen atoms in total. The fraction of sp³-hybridized carbons (Fsp3) is 0.474. The van der Waals surface area contributed by atoms with Gasteiger partial charge in [-0.25, -0.2) is 9.97 Å². The van der Waals surface area contributed by atoms with Gasteiger partial charge in [0.05, 0.1) is 14.2 Å². The van der Waals surface area contributed by atoms with Gasteiger partial charge >= 0.3 is 0 Å². The molecule has 2 aromatic rings. The van der Waals surface area contributed by atoms with Gasteiger partial charge in [0, 0.05) is 46.1 Å². The summed E-state index contributed by atoms with van der Waals surface area (Å²) in [4.78, 5) is 45.6. The second-order valence-corrected chi connectivity index (χ2v) is 8.02. The number of ether oxygens (including phenoxy) is 2. The predicted molar refractivity (Wildman–Crippen MR) is 120 cm³/mol. The Labute approximate surface area is 190 Å². The number of carbonyl (C=O) groups excluding carboxylic acids is 2. The lowest BCUT2D eigenvalue weighted by Crippen LogP contribution is -2.45. The number of likely N-dealkylation sites (N-methyl/N-ethyl adjacent to an activating group) is 1. The second-order valence-electron chi connectivity index (χ2n) is 7.05. The van der Waals surface area contributed by atoms with Crippen LogP contribution >= 0.6 is 11.8 Å². The number of piperazine rings is 1. The Kier molecular flexibility index (Phi) is 7.64. The number of hydrogen-bond donors (Lipinski definition) is 2. The fourth-order valence-electron chi connectivity index (χ4n) is 2.96. The van der Waals surface area contributed by atoms with Crippen LogP contribution in [0.25, 0.3) is 0 Å². The quantitative estimate of drug-likeness (QED) is 0.573. The van der Waals surface area contributed by atoms with Crippen molar-refractivity contribution in [2.45, 2.75) is 23.9 Å². The highest BCUT2D eigenvalue weighted by Crippen LogP contribution is 2.40. The zero-order chi connectivity index (χ0) is 23.3. The van der Waals surface area contributed by atoms with Crippen molar-refractivity contribution in [3.05, 3.63) is 6.07 Å². The van der Waals surface area contributed by atoms with Gasteiger partial charge < -0.3 is 29.9 Å².